The van der Waals surface area contributed by atoms with E-state index in [0.29, 0.717) is 36.0 Å². The lowest BCUT2D eigenvalue weighted by molar-refractivity contribution is -0.0791. The van der Waals surface area contributed by atoms with Gasteiger partial charge in [-0.1, -0.05) is 29.3 Å². The molecule has 0 N–H and O–H groups in total. The van der Waals surface area contributed by atoms with E-state index in [-0.39, 0.29) is 12.2 Å². The maximum atomic E-state index is 12.5. The number of hydrogen-bond donors (Lipinski definition) is 0. The summed E-state index contributed by atoms with van der Waals surface area (Å²) in [4.78, 5) is 18.9. The highest BCUT2D eigenvalue weighted by atomic mass is 35.5. The minimum absolute atomic E-state index is 0.254. The van der Waals surface area contributed by atoms with Crippen LogP contribution in [0, 0.1) is 0 Å². The van der Waals surface area contributed by atoms with Crippen molar-refractivity contribution in [2.75, 3.05) is 13.1 Å². The van der Waals surface area contributed by atoms with Crippen LogP contribution in [0.3, 0.4) is 0 Å². The first-order chi connectivity index (χ1) is 14.2. The molecular weight excluding hydrogens is 423 g/mol. The van der Waals surface area contributed by atoms with Gasteiger partial charge in [0, 0.05) is 35.8 Å². The molecule has 1 amide bonds. The second kappa shape index (κ2) is 8.03. The van der Waals surface area contributed by atoms with Gasteiger partial charge in [0.05, 0.1) is 5.71 Å². The van der Waals surface area contributed by atoms with Crippen molar-refractivity contribution in [3.05, 3.63) is 57.7 Å². The molecule has 2 saturated heterocycles. The molecule has 4 rings (SSSR count). The van der Waals surface area contributed by atoms with E-state index < -0.39 is 11.2 Å². The topological polar surface area (TPSA) is 51.1 Å². The van der Waals surface area contributed by atoms with Crippen LogP contribution in [0.5, 0.6) is 0 Å². The van der Waals surface area contributed by atoms with Gasteiger partial charge in [-0.3, -0.25) is 4.99 Å². The number of rotatable bonds is 1. The number of amides is 1. The van der Waals surface area contributed by atoms with Gasteiger partial charge in [0.2, 0.25) is 0 Å². The molecule has 3 aliphatic heterocycles. The number of benzene rings is 1. The highest BCUT2D eigenvalue weighted by Crippen LogP contribution is 2.45. The summed E-state index contributed by atoms with van der Waals surface area (Å²) in [6.45, 7) is 6.74. The third kappa shape index (κ3) is 4.43. The maximum Gasteiger partial charge on any atom is 0.410 e. The number of nitrogens with zero attached hydrogens (tertiary/aromatic N) is 2. The smallest absolute Gasteiger partial charge is 0.410 e. The average molecular weight is 449 g/mol. The monoisotopic (exact) mass is 448 g/mol. The number of aliphatic imine (C=N–C) groups is 1. The number of hydrogen-bond acceptors (Lipinski definition) is 4. The van der Waals surface area contributed by atoms with Gasteiger partial charge in [0.25, 0.3) is 0 Å². The number of carbonyl (C=O) groups is 1. The highest BCUT2D eigenvalue weighted by Gasteiger charge is 2.48. The number of piperidine rings is 1. The number of likely N-dealkylation sites (tertiary alicyclic amines) is 1. The van der Waals surface area contributed by atoms with Gasteiger partial charge in [-0.2, -0.15) is 0 Å². The zero-order valence-electron chi connectivity index (χ0n) is 17.5. The Morgan fingerprint density at radius 3 is 2.50 bits per heavy atom. The van der Waals surface area contributed by atoms with Crippen LogP contribution in [-0.4, -0.2) is 41.0 Å². The summed E-state index contributed by atoms with van der Waals surface area (Å²) in [5.41, 5.74) is 2.03. The second-order valence-electron chi connectivity index (χ2n) is 9.00. The highest BCUT2D eigenvalue weighted by molar-refractivity contribution is 6.34. The molecule has 7 heteroatoms. The molecule has 3 aliphatic rings. The Balaban J connectivity index is 1.59. The largest absolute Gasteiger partial charge is 0.444 e. The number of halogens is 2. The molecule has 1 atom stereocenters. The van der Waals surface area contributed by atoms with E-state index >= 15 is 0 Å². The molecule has 30 heavy (non-hydrogen) atoms. The summed E-state index contributed by atoms with van der Waals surface area (Å²) in [5.74, 6) is 0. The van der Waals surface area contributed by atoms with Crippen molar-refractivity contribution in [2.24, 2.45) is 4.99 Å². The average Bonchev–Trinajstić information content (AvgIpc) is 2.87. The van der Waals surface area contributed by atoms with Gasteiger partial charge >= 0.3 is 6.09 Å². The lowest BCUT2D eigenvalue weighted by Gasteiger charge is -2.47. The van der Waals surface area contributed by atoms with Crippen LogP contribution in [0.4, 0.5) is 4.79 Å². The SMILES string of the molecule is CC(C)(C)OC(=O)N1CCC2(CC1)OC(c1cc(Cl)cc(Cl)c1)C1=CC=CN=C2C1. The Kier molecular flexibility index (Phi) is 5.73. The summed E-state index contributed by atoms with van der Waals surface area (Å²) in [6, 6.07) is 5.53. The Bertz CT molecular complexity index is 918. The first kappa shape index (κ1) is 21.4. The Labute approximate surface area is 187 Å². The first-order valence-electron chi connectivity index (χ1n) is 10.2. The molecule has 3 heterocycles. The summed E-state index contributed by atoms with van der Waals surface area (Å²) < 4.78 is 12.3. The van der Waals surface area contributed by atoms with Gasteiger partial charge in [-0.25, -0.2) is 4.79 Å². The van der Waals surface area contributed by atoms with Crippen LogP contribution < -0.4 is 0 Å². The number of fused-ring (bicyclic) bond motifs is 3. The molecule has 160 valence electrons. The van der Waals surface area contributed by atoms with E-state index in [2.05, 4.69) is 11.1 Å². The zero-order chi connectivity index (χ0) is 21.5. The van der Waals surface area contributed by atoms with Crippen LogP contribution in [-0.2, 0) is 9.47 Å². The van der Waals surface area contributed by atoms with Crippen molar-refractivity contribution in [3.63, 3.8) is 0 Å². The number of allylic oxidation sites excluding steroid dienone is 2. The van der Waals surface area contributed by atoms with E-state index in [1.54, 1.807) is 11.0 Å². The van der Waals surface area contributed by atoms with Crippen molar-refractivity contribution in [1.29, 1.82) is 0 Å². The minimum atomic E-state index is -0.524. The Hall–Kier alpha value is -1.82. The minimum Gasteiger partial charge on any atom is -0.444 e. The summed E-state index contributed by atoms with van der Waals surface area (Å²) in [5, 5.41) is 1.17. The molecule has 0 aliphatic carbocycles. The van der Waals surface area contributed by atoms with Gasteiger partial charge in [0.1, 0.15) is 17.3 Å². The molecule has 1 spiro atoms. The zero-order valence-corrected chi connectivity index (χ0v) is 19.0. The number of carbonyl (C=O) groups excluding carboxylic acids is 1. The summed E-state index contributed by atoms with van der Waals surface area (Å²) in [7, 11) is 0. The van der Waals surface area contributed by atoms with Gasteiger partial charge < -0.3 is 14.4 Å². The normalized spacial score (nSPS) is 23.0. The van der Waals surface area contributed by atoms with Crippen LogP contribution >= 0.6 is 23.2 Å². The standard InChI is InChI=1S/C23H26Cl2N2O3/c1-22(2,3)30-21(28)27-9-6-23(7-10-27)19-13-15(5-4-8-26-19)20(29-23)16-11-17(24)14-18(25)12-16/h4-5,8,11-12,14,20H,6-7,9-10,13H2,1-3H3. The predicted octanol–water partition coefficient (Wildman–Crippen LogP) is 6.12. The molecule has 1 unspecified atom stereocenters. The van der Waals surface area contributed by atoms with E-state index in [4.69, 9.17) is 32.7 Å². The van der Waals surface area contributed by atoms with Crippen LogP contribution in [0.1, 0.15) is 51.7 Å². The van der Waals surface area contributed by atoms with Crippen molar-refractivity contribution >= 4 is 35.0 Å². The predicted molar refractivity (Wildman–Crippen MR) is 119 cm³/mol. The fourth-order valence-corrected chi connectivity index (χ4v) is 4.76. The van der Waals surface area contributed by atoms with Crippen molar-refractivity contribution < 1.29 is 14.3 Å². The molecule has 2 fully saturated rings. The fraction of sp³-hybridized carbons (Fsp3) is 0.478. The second-order valence-corrected chi connectivity index (χ2v) is 9.87. The maximum absolute atomic E-state index is 12.5. The summed E-state index contributed by atoms with van der Waals surface area (Å²) in [6.07, 6.45) is 7.34. The van der Waals surface area contributed by atoms with Gasteiger partial charge in [-0.05, 0) is 69.0 Å². The van der Waals surface area contributed by atoms with Gasteiger partial charge in [0.15, 0.2) is 0 Å². The van der Waals surface area contributed by atoms with Crippen LogP contribution in [0.25, 0.3) is 0 Å². The molecule has 1 aromatic rings. The molecule has 0 aromatic heterocycles. The lowest BCUT2D eigenvalue weighted by Crippen LogP contribution is -2.55. The van der Waals surface area contributed by atoms with Gasteiger partial charge in [-0.15, -0.1) is 0 Å². The molecule has 2 bridgehead atoms. The van der Waals surface area contributed by atoms with E-state index in [9.17, 15) is 4.79 Å². The fourth-order valence-electron chi connectivity index (χ4n) is 4.22. The van der Waals surface area contributed by atoms with E-state index in [1.165, 1.54) is 0 Å². The van der Waals surface area contributed by atoms with Crippen LogP contribution in [0.2, 0.25) is 10.0 Å². The van der Waals surface area contributed by atoms with E-state index in [1.807, 2.05) is 45.2 Å². The number of ether oxygens (including phenoxy) is 2. The quantitative estimate of drug-likeness (QED) is 0.519. The van der Waals surface area contributed by atoms with Crippen LogP contribution in [0.15, 0.2) is 47.1 Å². The Morgan fingerprint density at radius 2 is 1.87 bits per heavy atom. The lowest BCUT2D eigenvalue weighted by atomic mass is 9.78. The van der Waals surface area contributed by atoms with E-state index in [0.717, 1.165) is 23.3 Å². The van der Waals surface area contributed by atoms with Crippen molar-refractivity contribution in [3.8, 4) is 0 Å². The summed E-state index contributed by atoms with van der Waals surface area (Å²) >= 11 is 12.5. The molecule has 0 saturated carbocycles. The third-order valence-electron chi connectivity index (χ3n) is 5.61. The third-order valence-corrected chi connectivity index (χ3v) is 6.05. The van der Waals surface area contributed by atoms with Crippen molar-refractivity contribution in [1.82, 2.24) is 4.90 Å². The molecule has 1 aromatic carbocycles. The van der Waals surface area contributed by atoms with Crippen molar-refractivity contribution in [2.45, 2.75) is 57.3 Å². The molecule has 0 radical (unpaired) electrons. The Morgan fingerprint density at radius 1 is 1.20 bits per heavy atom. The molecular formula is C23H26Cl2N2O3. The first-order valence-corrected chi connectivity index (χ1v) is 11.0. The molecule has 5 nitrogen and oxygen atoms in total.